The largest absolute Gasteiger partial charge is 0.379 e. The molecule has 0 saturated carbocycles. The van der Waals surface area contributed by atoms with Gasteiger partial charge >= 0.3 is 0 Å². The standard InChI is InChI=1S/C16H27NO2/c1-4-5-11-18-12-13-19-14(2)16(17-3)15-9-7-6-8-10-15/h6-10,14,16-17H,4-5,11-13H2,1-3H3. The lowest BCUT2D eigenvalue weighted by molar-refractivity contribution is -0.00295. The molecule has 0 spiro atoms. The van der Waals surface area contributed by atoms with Crippen molar-refractivity contribution in [3.63, 3.8) is 0 Å². The lowest BCUT2D eigenvalue weighted by Crippen LogP contribution is -2.30. The molecule has 0 amide bonds. The van der Waals surface area contributed by atoms with E-state index in [-0.39, 0.29) is 12.1 Å². The van der Waals surface area contributed by atoms with E-state index in [0.717, 1.165) is 13.0 Å². The molecule has 0 saturated heterocycles. The third-order valence-electron chi connectivity index (χ3n) is 3.19. The number of ether oxygens (including phenoxy) is 2. The van der Waals surface area contributed by atoms with Crippen LogP contribution in [0.1, 0.15) is 38.3 Å². The molecule has 0 fully saturated rings. The first-order chi connectivity index (χ1) is 9.29. The van der Waals surface area contributed by atoms with Gasteiger partial charge in [-0.25, -0.2) is 0 Å². The zero-order valence-electron chi connectivity index (χ0n) is 12.4. The van der Waals surface area contributed by atoms with Crippen LogP contribution in [-0.2, 0) is 9.47 Å². The lowest BCUT2D eigenvalue weighted by Gasteiger charge is -2.24. The van der Waals surface area contributed by atoms with Crippen LogP contribution >= 0.6 is 0 Å². The van der Waals surface area contributed by atoms with Crippen molar-refractivity contribution in [2.45, 2.75) is 38.8 Å². The van der Waals surface area contributed by atoms with E-state index >= 15 is 0 Å². The van der Waals surface area contributed by atoms with Gasteiger partial charge in [0.05, 0.1) is 25.4 Å². The molecular weight excluding hydrogens is 238 g/mol. The highest BCUT2D eigenvalue weighted by Gasteiger charge is 2.17. The molecule has 3 nitrogen and oxygen atoms in total. The molecule has 108 valence electrons. The number of rotatable bonds is 10. The Morgan fingerprint density at radius 1 is 1.11 bits per heavy atom. The first kappa shape index (κ1) is 16.2. The van der Waals surface area contributed by atoms with Gasteiger partial charge in [0.25, 0.3) is 0 Å². The van der Waals surface area contributed by atoms with Crippen molar-refractivity contribution >= 4 is 0 Å². The molecule has 3 heteroatoms. The smallest absolute Gasteiger partial charge is 0.0742 e. The van der Waals surface area contributed by atoms with Crippen LogP contribution in [0.2, 0.25) is 0 Å². The Bertz CT molecular complexity index is 316. The Morgan fingerprint density at radius 3 is 2.47 bits per heavy atom. The van der Waals surface area contributed by atoms with Crippen molar-refractivity contribution in [2.75, 3.05) is 26.9 Å². The molecule has 0 heterocycles. The maximum Gasteiger partial charge on any atom is 0.0742 e. The SMILES string of the molecule is CCCCOCCOC(C)C(NC)c1ccccc1. The van der Waals surface area contributed by atoms with Gasteiger partial charge in [0, 0.05) is 6.61 Å². The Labute approximate surface area is 117 Å². The zero-order valence-corrected chi connectivity index (χ0v) is 12.4. The third kappa shape index (κ3) is 6.19. The first-order valence-corrected chi connectivity index (χ1v) is 7.21. The summed E-state index contributed by atoms with van der Waals surface area (Å²) in [6, 6.07) is 10.6. The van der Waals surface area contributed by atoms with Crippen LogP contribution in [0.25, 0.3) is 0 Å². The second-order valence-corrected chi connectivity index (χ2v) is 4.72. The van der Waals surface area contributed by atoms with Gasteiger partial charge < -0.3 is 14.8 Å². The van der Waals surface area contributed by atoms with Crippen LogP contribution in [-0.4, -0.2) is 33.0 Å². The van der Waals surface area contributed by atoms with Crippen LogP contribution in [0.3, 0.4) is 0 Å². The van der Waals surface area contributed by atoms with Gasteiger partial charge in [0.1, 0.15) is 0 Å². The van der Waals surface area contributed by atoms with Crippen LogP contribution in [0, 0.1) is 0 Å². The molecule has 1 rings (SSSR count). The topological polar surface area (TPSA) is 30.5 Å². The average Bonchev–Trinajstić information content (AvgIpc) is 2.45. The number of unbranched alkanes of at least 4 members (excludes halogenated alkanes) is 1. The molecule has 0 aliphatic rings. The van der Waals surface area contributed by atoms with E-state index in [9.17, 15) is 0 Å². The Hall–Kier alpha value is -0.900. The van der Waals surface area contributed by atoms with E-state index in [1.807, 2.05) is 13.1 Å². The maximum atomic E-state index is 5.84. The number of benzene rings is 1. The highest BCUT2D eigenvalue weighted by molar-refractivity contribution is 5.19. The maximum absolute atomic E-state index is 5.84. The molecule has 0 aliphatic carbocycles. The Balaban J connectivity index is 2.28. The van der Waals surface area contributed by atoms with Gasteiger partial charge in [-0.05, 0) is 26.0 Å². The van der Waals surface area contributed by atoms with Gasteiger partial charge in [0.15, 0.2) is 0 Å². The van der Waals surface area contributed by atoms with Crippen LogP contribution in [0.5, 0.6) is 0 Å². The van der Waals surface area contributed by atoms with E-state index < -0.39 is 0 Å². The van der Waals surface area contributed by atoms with Gasteiger partial charge in [0.2, 0.25) is 0 Å². The number of nitrogens with one attached hydrogen (secondary N) is 1. The first-order valence-electron chi connectivity index (χ1n) is 7.21. The Morgan fingerprint density at radius 2 is 1.84 bits per heavy atom. The van der Waals surface area contributed by atoms with E-state index in [2.05, 4.69) is 43.4 Å². The molecular formula is C16H27NO2. The fourth-order valence-corrected chi connectivity index (χ4v) is 2.07. The van der Waals surface area contributed by atoms with Gasteiger partial charge in [-0.1, -0.05) is 43.7 Å². The van der Waals surface area contributed by atoms with Crippen LogP contribution in [0.4, 0.5) is 0 Å². The molecule has 0 aliphatic heterocycles. The molecule has 0 radical (unpaired) electrons. The van der Waals surface area contributed by atoms with Crippen molar-refractivity contribution < 1.29 is 9.47 Å². The van der Waals surface area contributed by atoms with Crippen molar-refractivity contribution in [3.05, 3.63) is 35.9 Å². The summed E-state index contributed by atoms with van der Waals surface area (Å²) in [4.78, 5) is 0. The molecule has 2 atom stereocenters. The Kier molecular flexibility index (Phi) is 8.47. The summed E-state index contributed by atoms with van der Waals surface area (Å²) in [6.07, 6.45) is 2.42. The van der Waals surface area contributed by atoms with E-state index in [0.29, 0.717) is 13.2 Å². The van der Waals surface area contributed by atoms with E-state index in [1.165, 1.54) is 12.0 Å². The zero-order chi connectivity index (χ0) is 13.9. The molecule has 1 aromatic carbocycles. The summed E-state index contributed by atoms with van der Waals surface area (Å²) in [6.45, 7) is 6.42. The number of hydrogen-bond acceptors (Lipinski definition) is 3. The van der Waals surface area contributed by atoms with Gasteiger partial charge in [-0.2, -0.15) is 0 Å². The molecule has 2 unspecified atom stereocenters. The van der Waals surface area contributed by atoms with Crippen molar-refractivity contribution in [2.24, 2.45) is 0 Å². The summed E-state index contributed by atoms with van der Waals surface area (Å²) >= 11 is 0. The highest BCUT2D eigenvalue weighted by atomic mass is 16.5. The van der Waals surface area contributed by atoms with Crippen molar-refractivity contribution in [1.82, 2.24) is 5.32 Å². The summed E-state index contributed by atoms with van der Waals surface area (Å²) in [5.41, 5.74) is 1.25. The van der Waals surface area contributed by atoms with Crippen molar-refractivity contribution in [3.8, 4) is 0 Å². The predicted molar refractivity (Wildman–Crippen MR) is 79.4 cm³/mol. The fourth-order valence-electron chi connectivity index (χ4n) is 2.07. The summed E-state index contributed by atoms with van der Waals surface area (Å²) in [5, 5.41) is 3.31. The minimum Gasteiger partial charge on any atom is -0.379 e. The average molecular weight is 265 g/mol. The quantitative estimate of drug-likeness (QED) is 0.659. The minimum absolute atomic E-state index is 0.127. The third-order valence-corrected chi connectivity index (χ3v) is 3.19. The normalized spacial score (nSPS) is 14.3. The monoisotopic (exact) mass is 265 g/mol. The lowest BCUT2D eigenvalue weighted by atomic mass is 10.0. The van der Waals surface area contributed by atoms with E-state index in [1.54, 1.807) is 0 Å². The molecule has 1 N–H and O–H groups in total. The minimum atomic E-state index is 0.127. The van der Waals surface area contributed by atoms with E-state index in [4.69, 9.17) is 9.47 Å². The summed E-state index contributed by atoms with van der Waals surface area (Å²) in [5.74, 6) is 0. The summed E-state index contributed by atoms with van der Waals surface area (Å²) in [7, 11) is 1.97. The number of likely N-dealkylation sites (N-methyl/N-ethyl adjacent to an activating group) is 1. The molecule has 1 aromatic rings. The highest BCUT2D eigenvalue weighted by Crippen LogP contribution is 2.18. The second-order valence-electron chi connectivity index (χ2n) is 4.72. The number of hydrogen-bond donors (Lipinski definition) is 1. The van der Waals surface area contributed by atoms with Crippen LogP contribution in [0.15, 0.2) is 30.3 Å². The van der Waals surface area contributed by atoms with Crippen LogP contribution < -0.4 is 5.32 Å². The second kappa shape index (κ2) is 9.96. The fraction of sp³-hybridized carbons (Fsp3) is 0.625. The van der Waals surface area contributed by atoms with Gasteiger partial charge in [-0.3, -0.25) is 0 Å². The molecule has 0 aromatic heterocycles. The molecule has 19 heavy (non-hydrogen) atoms. The predicted octanol–water partition coefficient (Wildman–Crippen LogP) is 3.17. The molecule has 0 bridgehead atoms. The summed E-state index contributed by atoms with van der Waals surface area (Å²) < 4.78 is 11.3. The van der Waals surface area contributed by atoms with Crippen molar-refractivity contribution in [1.29, 1.82) is 0 Å². The van der Waals surface area contributed by atoms with Gasteiger partial charge in [-0.15, -0.1) is 0 Å².